The molecule has 0 aliphatic carbocycles. The Kier molecular flexibility index (Phi) is 0.695. The van der Waals surface area contributed by atoms with Crippen molar-refractivity contribution in [2.45, 2.75) is 12.6 Å². The molecule has 0 N–H and O–H groups in total. The number of ether oxygens (including phenoxy) is 1. The molecule has 2 fully saturated rings. The van der Waals surface area contributed by atoms with Crippen LogP contribution in [0.4, 0.5) is 0 Å². The second-order valence-corrected chi connectivity index (χ2v) is 2.34. The highest BCUT2D eigenvalue weighted by molar-refractivity contribution is 5.83. The number of rotatable bonds is 0. The van der Waals surface area contributed by atoms with Crippen molar-refractivity contribution in [1.29, 1.82) is 0 Å². The van der Waals surface area contributed by atoms with Crippen LogP contribution in [0.25, 0.3) is 0 Å². The van der Waals surface area contributed by atoms with E-state index >= 15 is 0 Å². The number of carbonyl (C=O) groups excluding carboxylic acids is 1. The van der Waals surface area contributed by atoms with Crippen molar-refractivity contribution in [3.63, 3.8) is 0 Å². The van der Waals surface area contributed by atoms with Crippen LogP contribution in [-0.2, 0) is 9.53 Å². The van der Waals surface area contributed by atoms with Crippen molar-refractivity contribution in [3.05, 3.63) is 12.3 Å². The molecule has 48 valence electrons. The molecule has 2 rings (SSSR count). The van der Waals surface area contributed by atoms with Gasteiger partial charge >= 0.3 is 0 Å². The smallest absolute Gasteiger partial charge is 0.231 e. The van der Waals surface area contributed by atoms with Gasteiger partial charge in [-0.3, -0.25) is 9.69 Å². The summed E-state index contributed by atoms with van der Waals surface area (Å²) in [6.45, 7) is 4.21. The first-order chi connectivity index (χ1) is 4.27. The Hall–Kier alpha value is -0.990. The minimum absolute atomic E-state index is 0.0324. The Morgan fingerprint density at radius 3 is 3.00 bits per heavy atom. The summed E-state index contributed by atoms with van der Waals surface area (Å²) in [4.78, 5) is 12.3. The van der Waals surface area contributed by atoms with E-state index in [1.165, 1.54) is 0 Å². The van der Waals surface area contributed by atoms with Gasteiger partial charge in [0.05, 0.1) is 13.0 Å². The van der Waals surface area contributed by atoms with E-state index in [-0.39, 0.29) is 12.1 Å². The van der Waals surface area contributed by atoms with Crippen molar-refractivity contribution in [3.8, 4) is 0 Å². The molecular weight excluding hydrogens is 118 g/mol. The summed E-state index contributed by atoms with van der Waals surface area (Å²) < 4.78 is 5.14. The fraction of sp³-hybridized carbons (Fsp3) is 0.500. The van der Waals surface area contributed by atoms with Crippen LogP contribution >= 0.6 is 0 Å². The third kappa shape index (κ3) is 0.487. The number of carbonyl (C=O) groups is 1. The van der Waals surface area contributed by atoms with Crippen LogP contribution in [-0.4, -0.2) is 23.6 Å². The number of amides is 1. The Bertz CT molecular complexity index is 185. The summed E-state index contributed by atoms with van der Waals surface area (Å²) in [6.07, 6.45) is 0.573. The molecule has 9 heavy (non-hydrogen) atoms. The average Bonchev–Trinajstić information content (AvgIpc) is 2.08. The van der Waals surface area contributed by atoms with Crippen LogP contribution < -0.4 is 0 Å². The van der Waals surface area contributed by atoms with E-state index in [0.717, 1.165) is 0 Å². The molecule has 0 radical (unpaired) electrons. The fourth-order valence-electron chi connectivity index (χ4n) is 1.14. The van der Waals surface area contributed by atoms with Crippen molar-refractivity contribution in [1.82, 2.24) is 4.90 Å². The topological polar surface area (TPSA) is 29.5 Å². The van der Waals surface area contributed by atoms with E-state index in [2.05, 4.69) is 6.58 Å². The molecule has 0 aromatic heterocycles. The molecule has 1 amide bonds. The lowest BCUT2D eigenvalue weighted by atomic mass is 10.2. The summed E-state index contributed by atoms with van der Waals surface area (Å²) in [7, 11) is 0. The summed E-state index contributed by atoms with van der Waals surface area (Å²) >= 11 is 0. The van der Waals surface area contributed by atoms with E-state index in [9.17, 15) is 4.79 Å². The predicted octanol–water partition coefficient (Wildman–Crippen LogP) is 0.0887. The van der Waals surface area contributed by atoms with Crippen molar-refractivity contribution >= 4 is 5.91 Å². The molecular formula is C6H7NO2. The Labute approximate surface area is 52.9 Å². The molecule has 0 saturated carbocycles. The first-order valence-electron chi connectivity index (χ1n) is 2.91. The lowest BCUT2D eigenvalue weighted by molar-refractivity contribution is -0.153. The van der Waals surface area contributed by atoms with Gasteiger partial charge in [-0.15, -0.1) is 0 Å². The van der Waals surface area contributed by atoms with Crippen molar-refractivity contribution in [2.24, 2.45) is 0 Å². The predicted molar refractivity (Wildman–Crippen MR) is 30.3 cm³/mol. The Morgan fingerprint density at radius 1 is 1.78 bits per heavy atom. The molecule has 0 aromatic carbocycles. The summed E-state index contributed by atoms with van der Waals surface area (Å²) in [5, 5.41) is 0. The highest BCUT2D eigenvalue weighted by atomic mass is 16.5. The summed E-state index contributed by atoms with van der Waals surface area (Å²) in [5.41, 5.74) is 0. The largest absolute Gasteiger partial charge is 0.473 e. The standard InChI is InChI=1S/C6H7NO2/c1-4-3-7-5(8)2-6(7)9-4/h6H,1-3H2. The van der Waals surface area contributed by atoms with Crippen LogP contribution in [0.3, 0.4) is 0 Å². The van der Waals surface area contributed by atoms with E-state index in [1.807, 2.05) is 0 Å². The maximum atomic E-state index is 10.7. The zero-order chi connectivity index (χ0) is 6.43. The van der Waals surface area contributed by atoms with E-state index in [1.54, 1.807) is 4.90 Å². The zero-order valence-electron chi connectivity index (χ0n) is 4.96. The summed E-state index contributed by atoms with van der Waals surface area (Å²) in [5.74, 6) is 0.893. The van der Waals surface area contributed by atoms with Crippen LogP contribution in [0.15, 0.2) is 12.3 Å². The number of hydrogen-bond acceptors (Lipinski definition) is 2. The van der Waals surface area contributed by atoms with Gasteiger partial charge < -0.3 is 4.74 Å². The van der Waals surface area contributed by atoms with Crippen LogP contribution in [0.5, 0.6) is 0 Å². The van der Waals surface area contributed by atoms with E-state index in [0.29, 0.717) is 18.7 Å². The molecule has 2 heterocycles. The Morgan fingerprint density at radius 2 is 2.56 bits per heavy atom. The van der Waals surface area contributed by atoms with Gasteiger partial charge in [-0.2, -0.15) is 0 Å². The van der Waals surface area contributed by atoms with Gasteiger partial charge in [-0.1, -0.05) is 6.58 Å². The third-order valence-corrected chi connectivity index (χ3v) is 1.67. The molecule has 1 unspecified atom stereocenters. The number of hydrogen-bond donors (Lipinski definition) is 0. The van der Waals surface area contributed by atoms with Gasteiger partial charge in [0.25, 0.3) is 0 Å². The molecule has 2 saturated heterocycles. The lowest BCUT2D eigenvalue weighted by Gasteiger charge is -2.30. The normalized spacial score (nSPS) is 31.6. The third-order valence-electron chi connectivity index (χ3n) is 1.67. The minimum Gasteiger partial charge on any atom is -0.473 e. The first-order valence-corrected chi connectivity index (χ1v) is 2.91. The molecule has 3 heteroatoms. The molecule has 0 bridgehead atoms. The lowest BCUT2D eigenvalue weighted by Crippen LogP contribution is -2.48. The van der Waals surface area contributed by atoms with Gasteiger partial charge in [0.1, 0.15) is 5.76 Å². The van der Waals surface area contributed by atoms with Gasteiger partial charge in [-0.25, -0.2) is 0 Å². The van der Waals surface area contributed by atoms with Crippen LogP contribution in [0.1, 0.15) is 6.42 Å². The van der Waals surface area contributed by atoms with Gasteiger partial charge in [-0.05, 0) is 0 Å². The monoisotopic (exact) mass is 125 g/mol. The van der Waals surface area contributed by atoms with Gasteiger partial charge in [0, 0.05) is 0 Å². The average molecular weight is 125 g/mol. The van der Waals surface area contributed by atoms with Crippen LogP contribution in [0, 0.1) is 0 Å². The molecule has 0 aromatic rings. The maximum Gasteiger partial charge on any atom is 0.231 e. The Balaban J connectivity index is 2.16. The fourth-order valence-corrected chi connectivity index (χ4v) is 1.14. The number of fused-ring (bicyclic) bond motifs is 1. The highest BCUT2D eigenvalue weighted by Crippen LogP contribution is 2.29. The second kappa shape index (κ2) is 1.29. The van der Waals surface area contributed by atoms with Crippen molar-refractivity contribution in [2.75, 3.05) is 6.54 Å². The quantitative estimate of drug-likeness (QED) is 0.429. The van der Waals surface area contributed by atoms with Gasteiger partial charge in [0.15, 0.2) is 6.23 Å². The highest BCUT2D eigenvalue weighted by Gasteiger charge is 2.42. The number of β-lactam (4-membered cyclic amide) rings is 1. The van der Waals surface area contributed by atoms with E-state index < -0.39 is 0 Å². The van der Waals surface area contributed by atoms with Crippen LogP contribution in [0.2, 0.25) is 0 Å². The molecule has 3 nitrogen and oxygen atoms in total. The molecule has 0 spiro atoms. The summed E-state index contributed by atoms with van der Waals surface area (Å²) in [6, 6.07) is 0. The van der Waals surface area contributed by atoms with E-state index in [4.69, 9.17) is 4.74 Å². The first kappa shape index (κ1) is 4.85. The molecule has 2 aliphatic heterocycles. The zero-order valence-corrected chi connectivity index (χ0v) is 4.96. The number of nitrogens with zero attached hydrogens (tertiary/aromatic N) is 1. The minimum atomic E-state index is 0.0324. The van der Waals surface area contributed by atoms with Crippen molar-refractivity contribution < 1.29 is 9.53 Å². The maximum absolute atomic E-state index is 10.7. The van der Waals surface area contributed by atoms with Gasteiger partial charge in [0.2, 0.25) is 5.91 Å². The SMILES string of the molecule is C=C1CN2C(=O)CC2O1. The molecule has 1 atom stereocenters. The molecule has 2 aliphatic rings. The second-order valence-electron chi connectivity index (χ2n) is 2.34.